The zero-order valence-electron chi connectivity index (χ0n) is 11.5. The summed E-state index contributed by atoms with van der Waals surface area (Å²) < 4.78 is 4.95. The molecular formula is C14H19NO5. The molecule has 110 valence electrons. The van der Waals surface area contributed by atoms with E-state index in [1.165, 1.54) is 14.0 Å². The van der Waals surface area contributed by atoms with Crippen molar-refractivity contribution in [1.82, 2.24) is 5.32 Å². The minimum atomic E-state index is -0.905. The first-order valence-electron chi connectivity index (χ1n) is 6.27. The van der Waals surface area contributed by atoms with Crippen LogP contribution in [0.15, 0.2) is 18.2 Å². The number of amides is 1. The van der Waals surface area contributed by atoms with Crippen molar-refractivity contribution in [2.45, 2.75) is 32.2 Å². The summed E-state index contributed by atoms with van der Waals surface area (Å²) in [6.07, 6.45) is 0.763. The molecule has 6 heteroatoms. The van der Waals surface area contributed by atoms with Gasteiger partial charge in [0.15, 0.2) is 11.5 Å². The molecule has 0 aliphatic rings. The summed E-state index contributed by atoms with van der Waals surface area (Å²) in [6.45, 7) is 1.39. The number of methoxy groups -OCH3 is 1. The molecule has 1 rings (SSSR count). The molecule has 3 N–H and O–H groups in total. The van der Waals surface area contributed by atoms with E-state index >= 15 is 0 Å². The number of carboxylic acids is 1. The van der Waals surface area contributed by atoms with Crippen LogP contribution in [-0.2, 0) is 16.0 Å². The number of carboxylic acid groups (broad SMARTS) is 1. The number of benzene rings is 1. The Labute approximate surface area is 117 Å². The first kappa shape index (κ1) is 15.8. The van der Waals surface area contributed by atoms with Crippen LogP contribution in [-0.4, -0.2) is 35.2 Å². The Bertz CT molecular complexity index is 486. The molecule has 0 aromatic heterocycles. The Kier molecular flexibility index (Phi) is 5.83. The third-order valence-electron chi connectivity index (χ3n) is 2.84. The van der Waals surface area contributed by atoms with E-state index in [1.807, 2.05) is 0 Å². The summed E-state index contributed by atoms with van der Waals surface area (Å²) in [4.78, 5) is 21.7. The van der Waals surface area contributed by atoms with Crippen molar-refractivity contribution in [2.75, 3.05) is 7.11 Å². The standard InChI is InChI=1S/C14H19NO5/c1-9(16)15-11(4-6-14(18)19)7-10-3-5-13(20-2)12(17)8-10/h3,5,8,11,17H,4,6-7H2,1-2H3,(H,15,16)(H,18,19). The highest BCUT2D eigenvalue weighted by molar-refractivity contribution is 5.73. The van der Waals surface area contributed by atoms with E-state index < -0.39 is 5.97 Å². The summed E-state index contributed by atoms with van der Waals surface area (Å²) in [5.74, 6) is -0.726. The lowest BCUT2D eigenvalue weighted by Crippen LogP contribution is -2.35. The number of phenolic OH excluding ortho intramolecular Hbond substituents is 1. The SMILES string of the molecule is COc1ccc(CC(CCC(=O)O)NC(C)=O)cc1O. The van der Waals surface area contributed by atoms with Crippen molar-refractivity contribution in [1.29, 1.82) is 0 Å². The molecule has 0 fully saturated rings. The average Bonchev–Trinajstić information content (AvgIpc) is 2.35. The van der Waals surface area contributed by atoms with E-state index in [1.54, 1.807) is 18.2 Å². The molecule has 0 aliphatic heterocycles. The Morgan fingerprint density at radius 2 is 2.10 bits per heavy atom. The molecule has 1 aromatic carbocycles. The number of ether oxygens (including phenoxy) is 1. The van der Waals surface area contributed by atoms with E-state index in [0.717, 1.165) is 5.56 Å². The zero-order valence-corrected chi connectivity index (χ0v) is 11.5. The molecule has 0 bridgehead atoms. The van der Waals surface area contributed by atoms with Gasteiger partial charge in [-0.05, 0) is 30.5 Å². The Morgan fingerprint density at radius 1 is 1.40 bits per heavy atom. The number of aromatic hydroxyl groups is 1. The number of aliphatic carboxylic acids is 1. The van der Waals surface area contributed by atoms with Gasteiger partial charge < -0.3 is 20.3 Å². The van der Waals surface area contributed by atoms with Crippen molar-refractivity contribution >= 4 is 11.9 Å². The fraction of sp³-hybridized carbons (Fsp3) is 0.429. The third-order valence-corrected chi connectivity index (χ3v) is 2.84. The van der Waals surface area contributed by atoms with Crippen molar-refractivity contribution in [3.05, 3.63) is 23.8 Å². The van der Waals surface area contributed by atoms with E-state index in [4.69, 9.17) is 9.84 Å². The van der Waals surface area contributed by atoms with Gasteiger partial charge in [0, 0.05) is 19.4 Å². The predicted octanol–water partition coefficient (Wildman–Crippen LogP) is 1.31. The van der Waals surface area contributed by atoms with Crippen molar-refractivity contribution in [2.24, 2.45) is 0 Å². The second-order valence-corrected chi connectivity index (χ2v) is 4.54. The maximum absolute atomic E-state index is 11.1. The number of phenols is 1. The number of nitrogens with one attached hydrogen (secondary N) is 1. The third kappa shape index (κ3) is 5.17. The fourth-order valence-corrected chi connectivity index (χ4v) is 1.96. The number of carbonyl (C=O) groups is 2. The van der Waals surface area contributed by atoms with Gasteiger partial charge in [-0.1, -0.05) is 6.07 Å². The van der Waals surface area contributed by atoms with Gasteiger partial charge in [0.1, 0.15) is 0 Å². The molecule has 0 saturated heterocycles. The van der Waals surface area contributed by atoms with E-state index in [2.05, 4.69) is 5.32 Å². The molecule has 1 atom stereocenters. The van der Waals surface area contributed by atoms with Gasteiger partial charge in [0.25, 0.3) is 0 Å². The summed E-state index contributed by atoms with van der Waals surface area (Å²) in [5.41, 5.74) is 0.799. The van der Waals surface area contributed by atoms with Crippen LogP contribution in [0.3, 0.4) is 0 Å². The van der Waals surface area contributed by atoms with Crippen LogP contribution in [0, 0.1) is 0 Å². The molecule has 6 nitrogen and oxygen atoms in total. The maximum Gasteiger partial charge on any atom is 0.303 e. The van der Waals surface area contributed by atoms with Gasteiger partial charge in [0.2, 0.25) is 5.91 Å². The highest BCUT2D eigenvalue weighted by Crippen LogP contribution is 2.26. The highest BCUT2D eigenvalue weighted by Gasteiger charge is 2.14. The van der Waals surface area contributed by atoms with Crippen LogP contribution in [0.1, 0.15) is 25.3 Å². The smallest absolute Gasteiger partial charge is 0.303 e. The molecule has 20 heavy (non-hydrogen) atoms. The van der Waals surface area contributed by atoms with Gasteiger partial charge in [0.05, 0.1) is 7.11 Å². The van der Waals surface area contributed by atoms with Gasteiger partial charge in [-0.3, -0.25) is 9.59 Å². The van der Waals surface area contributed by atoms with Crippen LogP contribution in [0.2, 0.25) is 0 Å². The molecule has 1 aromatic rings. The Balaban J connectivity index is 2.74. The molecular weight excluding hydrogens is 262 g/mol. The molecule has 0 aliphatic carbocycles. The maximum atomic E-state index is 11.1. The summed E-state index contributed by atoms with van der Waals surface area (Å²) in [7, 11) is 1.46. The van der Waals surface area contributed by atoms with Gasteiger partial charge in [-0.2, -0.15) is 0 Å². The van der Waals surface area contributed by atoms with Crippen LogP contribution >= 0.6 is 0 Å². The summed E-state index contributed by atoms with van der Waals surface area (Å²) >= 11 is 0. The average molecular weight is 281 g/mol. The van der Waals surface area contributed by atoms with Gasteiger partial charge >= 0.3 is 5.97 Å². The Morgan fingerprint density at radius 3 is 2.60 bits per heavy atom. The van der Waals surface area contributed by atoms with Crippen molar-refractivity contribution in [3.63, 3.8) is 0 Å². The first-order valence-corrected chi connectivity index (χ1v) is 6.27. The van der Waals surface area contributed by atoms with E-state index in [9.17, 15) is 14.7 Å². The van der Waals surface area contributed by atoms with Crippen LogP contribution < -0.4 is 10.1 Å². The summed E-state index contributed by atoms with van der Waals surface area (Å²) in [6, 6.07) is 4.67. The normalized spacial score (nSPS) is 11.7. The monoisotopic (exact) mass is 281 g/mol. The topological polar surface area (TPSA) is 95.9 Å². The van der Waals surface area contributed by atoms with Gasteiger partial charge in [-0.25, -0.2) is 0 Å². The highest BCUT2D eigenvalue weighted by atomic mass is 16.5. The molecule has 0 heterocycles. The molecule has 1 amide bonds. The van der Waals surface area contributed by atoms with E-state index in [0.29, 0.717) is 18.6 Å². The van der Waals surface area contributed by atoms with Crippen molar-refractivity contribution < 1.29 is 24.5 Å². The molecule has 0 spiro atoms. The first-order chi connectivity index (χ1) is 9.42. The lowest BCUT2D eigenvalue weighted by Gasteiger charge is -2.17. The second kappa shape index (κ2) is 7.37. The molecule has 0 saturated carbocycles. The number of hydrogen-bond donors (Lipinski definition) is 3. The number of rotatable bonds is 7. The molecule has 1 unspecified atom stereocenters. The lowest BCUT2D eigenvalue weighted by molar-refractivity contribution is -0.137. The summed E-state index contributed by atoms with van der Waals surface area (Å²) in [5, 5.41) is 21.1. The van der Waals surface area contributed by atoms with E-state index in [-0.39, 0.29) is 24.1 Å². The van der Waals surface area contributed by atoms with Crippen LogP contribution in [0.25, 0.3) is 0 Å². The number of carbonyl (C=O) groups excluding carboxylic acids is 1. The number of hydrogen-bond acceptors (Lipinski definition) is 4. The van der Waals surface area contributed by atoms with Crippen molar-refractivity contribution in [3.8, 4) is 11.5 Å². The van der Waals surface area contributed by atoms with Crippen LogP contribution in [0.4, 0.5) is 0 Å². The predicted molar refractivity (Wildman–Crippen MR) is 72.8 cm³/mol. The van der Waals surface area contributed by atoms with Crippen LogP contribution in [0.5, 0.6) is 11.5 Å². The zero-order chi connectivity index (χ0) is 15.1. The minimum absolute atomic E-state index is 0.0183. The fourth-order valence-electron chi connectivity index (χ4n) is 1.96. The second-order valence-electron chi connectivity index (χ2n) is 4.54. The van der Waals surface area contributed by atoms with Gasteiger partial charge in [-0.15, -0.1) is 0 Å². The Hall–Kier alpha value is -2.24. The molecule has 0 radical (unpaired) electrons. The largest absolute Gasteiger partial charge is 0.504 e. The minimum Gasteiger partial charge on any atom is -0.504 e. The lowest BCUT2D eigenvalue weighted by atomic mass is 10.0. The quantitative estimate of drug-likeness (QED) is 0.700.